The first kappa shape index (κ1) is 26.1. The lowest BCUT2D eigenvalue weighted by atomic mass is 10.0. The van der Waals surface area contributed by atoms with Crippen molar-refractivity contribution in [1.29, 1.82) is 0 Å². The Morgan fingerprint density at radius 2 is 1.50 bits per heavy atom. The summed E-state index contributed by atoms with van der Waals surface area (Å²) in [5.74, 6) is -1.41. The standard InChI is InChI=1S/C29H25BrN2O5S/c30-17-22-18-38(36)28-24(31-23(33)16-19-10-4-1-5-11-19)27(34)32(28)25(22)29(35)37-26(20-12-6-2-7-13-20)21-14-8-3-9-15-21/h1-15,24,26,28H,16-18H2,(H,31,33)/t24?,28-,38?/m1/s1. The van der Waals surface area contributed by atoms with Gasteiger partial charge in [-0.05, 0) is 22.3 Å². The van der Waals surface area contributed by atoms with Crippen LogP contribution in [0.15, 0.2) is 102 Å². The maximum absolute atomic E-state index is 13.7. The van der Waals surface area contributed by atoms with Gasteiger partial charge >= 0.3 is 5.97 Å². The third-order valence-corrected chi connectivity index (χ3v) is 8.84. The number of fused-ring (bicyclic) bond motifs is 1. The van der Waals surface area contributed by atoms with E-state index >= 15 is 0 Å². The molecule has 0 saturated carbocycles. The Bertz CT molecular complexity index is 1360. The van der Waals surface area contributed by atoms with Gasteiger partial charge in [-0.1, -0.05) is 107 Å². The SMILES string of the molecule is O=C(Cc1ccccc1)NC1C(=O)N2C(C(=O)OC(c3ccccc3)c3ccccc3)=C(CBr)CS(=O)[C@H]12. The molecule has 0 aliphatic carbocycles. The minimum absolute atomic E-state index is 0.0851. The van der Waals surface area contributed by atoms with E-state index in [4.69, 9.17) is 4.74 Å². The number of amides is 2. The minimum Gasteiger partial charge on any atom is -0.448 e. The van der Waals surface area contributed by atoms with Crippen molar-refractivity contribution in [3.05, 3.63) is 119 Å². The van der Waals surface area contributed by atoms with Crippen LogP contribution in [0.5, 0.6) is 0 Å². The average molecular weight is 593 g/mol. The highest BCUT2D eigenvalue weighted by Gasteiger charge is 2.57. The monoisotopic (exact) mass is 592 g/mol. The van der Waals surface area contributed by atoms with Gasteiger partial charge in [0, 0.05) is 5.33 Å². The first-order valence-electron chi connectivity index (χ1n) is 12.1. The molecule has 1 fully saturated rings. The fourth-order valence-electron chi connectivity index (χ4n) is 4.70. The van der Waals surface area contributed by atoms with Crippen LogP contribution in [-0.2, 0) is 36.3 Å². The lowest BCUT2D eigenvalue weighted by Crippen LogP contribution is -2.73. The van der Waals surface area contributed by atoms with Gasteiger partial charge in [0.2, 0.25) is 5.91 Å². The topological polar surface area (TPSA) is 92.8 Å². The van der Waals surface area contributed by atoms with E-state index in [1.54, 1.807) is 0 Å². The van der Waals surface area contributed by atoms with Crippen molar-refractivity contribution in [2.24, 2.45) is 0 Å². The quantitative estimate of drug-likeness (QED) is 0.245. The van der Waals surface area contributed by atoms with Crippen molar-refractivity contribution in [3.63, 3.8) is 0 Å². The van der Waals surface area contributed by atoms with Gasteiger partial charge in [-0.2, -0.15) is 0 Å². The van der Waals surface area contributed by atoms with Crippen LogP contribution in [0, 0.1) is 0 Å². The maximum atomic E-state index is 13.7. The van der Waals surface area contributed by atoms with Crippen molar-refractivity contribution in [1.82, 2.24) is 10.2 Å². The number of β-lactam (4-membered cyclic amide) rings is 1. The second kappa shape index (κ2) is 11.4. The zero-order chi connectivity index (χ0) is 26.6. The molecule has 194 valence electrons. The number of carbonyl (C=O) groups excluding carboxylic acids is 3. The normalized spacial score (nSPS) is 20.5. The fourth-order valence-corrected chi connectivity index (χ4v) is 7.11. The summed E-state index contributed by atoms with van der Waals surface area (Å²) in [6, 6.07) is 26.9. The third-order valence-electron chi connectivity index (χ3n) is 6.51. The van der Waals surface area contributed by atoms with E-state index in [9.17, 15) is 18.6 Å². The van der Waals surface area contributed by atoms with Gasteiger partial charge in [-0.3, -0.25) is 18.7 Å². The highest BCUT2D eigenvalue weighted by Crippen LogP contribution is 2.37. The molecule has 3 aromatic rings. The van der Waals surface area contributed by atoms with Gasteiger partial charge < -0.3 is 10.1 Å². The van der Waals surface area contributed by atoms with Gasteiger partial charge in [0.15, 0.2) is 6.10 Å². The zero-order valence-corrected chi connectivity index (χ0v) is 22.7. The minimum atomic E-state index is -1.50. The van der Waals surface area contributed by atoms with Crippen LogP contribution < -0.4 is 5.32 Å². The van der Waals surface area contributed by atoms with Gasteiger partial charge in [0.25, 0.3) is 5.91 Å². The summed E-state index contributed by atoms with van der Waals surface area (Å²) < 4.78 is 19.1. The first-order chi connectivity index (χ1) is 18.5. The molecule has 0 radical (unpaired) electrons. The average Bonchev–Trinajstić information content (AvgIpc) is 2.95. The molecule has 38 heavy (non-hydrogen) atoms. The second-order valence-electron chi connectivity index (χ2n) is 9.02. The van der Waals surface area contributed by atoms with Crippen molar-refractivity contribution in [2.75, 3.05) is 11.1 Å². The number of nitrogens with zero attached hydrogens (tertiary/aromatic N) is 1. The number of nitrogens with one attached hydrogen (secondary N) is 1. The van der Waals surface area contributed by atoms with Crippen LogP contribution in [0.2, 0.25) is 0 Å². The molecule has 3 aromatic carbocycles. The van der Waals surface area contributed by atoms with Crippen molar-refractivity contribution in [3.8, 4) is 0 Å². The molecule has 2 unspecified atom stereocenters. The number of carbonyl (C=O) groups is 3. The Morgan fingerprint density at radius 1 is 0.947 bits per heavy atom. The summed E-state index contributed by atoms with van der Waals surface area (Å²) in [4.78, 5) is 40.8. The molecular weight excluding hydrogens is 568 g/mol. The maximum Gasteiger partial charge on any atom is 0.356 e. The molecule has 9 heteroatoms. The van der Waals surface area contributed by atoms with Gasteiger partial charge in [-0.25, -0.2) is 4.79 Å². The molecule has 0 bridgehead atoms. The van der Waals surface area contributed by atoms with E-state index in [0.717, 1.165) is 16.7 Å². The predicted octanol–water partition coefficient (Wildman–Crippen LogP) is 3.63. The number of hydrogen-bond donors (Lipinski definition) is 1. The molecule has 0 spiro atoms. The summed E-state index contributed by atoms with van der Waals surface area (Å²) in [6.07, 6.45) is -0.602. The van der Waals surface area contributed by atoms with Crippen LogP contribution in [0.4, 0.5) is 0 Å². The summed E-state index contributed by atoms with van der Waals surface area (Å²) >= 11 is 3.38. The van der Waals surface area contributed by atoms with Gasteiger partial charge in [0.1, 0.15) is 17.1 Å². The molecule has 3 atom stereocenters. The number of rotatable bonds is 8. The van der Waals surface area contributed by atoms with Gasteiger partial charge in [0.05, 0.1) is 23.0 Å². The smallest absolute Gasteiger partial charge is 0.356 e. The van der Waals surface area contributed by atoms with E-state index in [1.807, 2.05) is 91.0 Å². The van der Waals surface area contributed by atoms with E-state index in [0.29, 0.717) is 5.57 Å². The molecule has 2 aliphatic heterocycles. The molecule has 7 nitrogen and oxygen atoms in total. The largest absolute Gasteiger partial charge is 0.448 e. The Kier molecular flexibility index (Phi) is 7.85. The molecule has 1 N–H and O–H groups in total. The summed E-state index contributed by atoms with van der Waals surface area (Å²) in [5.41, 5.74) is 2.97. The Morgan fingerprint density at radius 3 is 2.05 bits per heavy atom. The van der Waals surface area contributed by atoms with Crippen LogP contribution in [0.3, 0.4) is 0 Å². The van der Waals surface area contributed by atoms with E-state index < -0.39 is 40.2 Å². The van der Waals surface area contributed by atoms with Crippen molar-refractivity contribution >= 4 is 44.5 Å². The number of alkyl halides is 1. The summed E-state index contributed by atoms with van der Waals surface area (Å²) in [5, 5.41) is 2.14. The lowest BCUT2D eigenvalue weighted by Gasteiger charge is -2.49. The molecule has 1 saturated heterocycles. The molecule has 2 amide bonds. The zero-order valence-electron chi connectivity index (χ0n) is 20.3. The Labute approximate surface area is 231 Å². The van der Waals surface area contributed by atoms with Crippen molar-refractivity contribution in [2.45, 2.75) is 23.9 Å². The fraction of sp³-hybridized carbons (Fsp3) is 0.207. The lowest BCUT2D eigenvalue weighted by molar-refractivity contribution is -0.154. The number of hydrogen-bond acceptors (Lipinski definition) is 5. The molecule has 0 aromatic heterocycles. The van der Waals surface area contributed by atoms with Gasteiger partial charge in [-0.15, -0.1) is 0 Å². The predicted molar refractivity (Wildman–Crippen MR) is 147 cm³/mol. The molecule has 2 aliphatic rings. The van der Waals surface area contributed by atoms with E-state index in [-0.39, 0.29) is 29.1 Å². The molecule has 5 rings (SSSR count). The van der Waals surface area contributed by atoms with Crippen molar-refractivity contribution < 1.29 is 23.3 Å². The second-order valence-corrected chi connectivity index (χ2v) is 11.1. The first-order valence-corrected chi connectivity index (χ1v) is 14.6. The van der Waals surface area contributed by atoms with Crippen LogP contribution in [0.1, 0.15) is 22.8 Å². The van der Waals surface area contributed by atoms with Crippen LogP contribution in [0.25, 0.3) is 0 Å². The molecular formula is C29H25BrN2O5S. The molecule has 2 heterocycles. The van der Waals surface area contributed by atoms with E-state index in [2.05, 4.69) is 21.2 Å². The number of esters is 1. The number of benzene rings is 3. The third kappa shape index (κ3) is 5.21. The highest BCUT2D eigenvalue weighted by atomic mass is 79.9. The Hall–Kier alpha value is -3.56. The van der Waals surface area contributed by atoms with Crippen LogP contribution in [-0.4, -0.2) is 49.4 Å². The van der Waals surface area contributed by atoms with E-state index in [1.165, 1.54) is 4.90 Å². The summed E-state index contributed by atoms with van der Waals surface area (Å²) in [6.45, 7) is 0. The number of halogens is 1. The summed E-state index contributed by atoms with van der Waals surface area (Å²) in [7, 11) is -1.50. The number of ether oxygens (including phenoxy) is 1. The Balaban J connectivity index is 1.38. The highest BCUT2D eigenvalue weighted by molar-refractivity contribution is 9.09. The van der Waals surface area contributed by atoms with Crippen LogP contribution >= 0.6 is 15.9 Å².